The Kier molecular flexibility index (Phi) is 4.36. The number of carbonyl (C=O) groups is 1. The molecule has 0 aromatic rings. The van der Waals surface area contributed by atoms with Gasteiger partial charge in [0.1, 0.15) is 6.29 Å². The summed E-state index contributed by atoms with van der Waals surface area (Å²) in [6, 6.07) is 0. The van der Waals surface area contributed by atoms with Gasteiger partial charge in [0, 0.05) is 5.92 Å². The van der Waals surface area contributed by atoms with Gasteiger partial charge in [-0.25, -0.2) is 0 Å². The van der Waals surface area contributed by atoms with E-state index in [0.29, 0.717) is 5.41 Å². The van der Waals surface area contributed by atoms with Gasteiger partial charge in [0.2, 0.25) is 0 Å². The van der Waals surface area contributed by atoms with Crippen molar-refractivity contribution in [3.8, 4) is 0 Å². The summed E-state index contributed by atoms with van der Waals surface area (Å²) in [5.74, 6) is 1.96. The van der Waals surface area contributed by atoms with Crippen molar-refractivity contribution in [2.45, 2.75) is 59.8 Å². The second-order valence-electron chi connectivity index (χ2n) is 6.43. The van der Waals surface area contributed by atoms with Crippen molar-refractivity contribution in [1.29, 1.82) is 0 Å². The standard InChI is InChI=1S/C14H26O/c1-11(10-15)9-12-5-7-13(8-6-12)14(2,3)4/h10-13H,5-9H2,1-4H3. The normalized spacial score (nSPS) is 29.9. The molecule has 1 saturated carbocycles. The summed E-state index contributed by atoms with van der Waals surface area (Å²) in [6.45, 7) is 9.10. The Bertz CT molecular complexity index is 194. The van der Waals surface area contributed by atoms with Crippen LogP contribution in [0.3, 0.4) is 0 Å². The van der Waals surface area contributed by atoms with Crippen molar-refractivity contribution in [1.82, 2.24) is 0 Å². The Morgan fingerprint density at radius 3 is 2.13 bits per heavy atom. The fraction of sp³-hybridized carbons (Fsp3) is 0.929. The highest BCUT2D eigenvalue weighted by Gasteiger charge is 2.29. The maximum atomic E-state index is 10.6. The fourth-order valence-electron chi connectivity index (χ4n) is 2.85. The lowest BCUT2D eigenvalue weighted by molar-refractivity contribution is -0.111. The van der Waals surface area contributed by atoms with Gasteiger partial charge >= 0.3 is 0 Å². The number of aldehydes is 1. The minimum Gasteiger partial charge on any atom is -0.303 e. The van der Waals surface area contributed by atoms with Crippen LogP contribution in [0.1, 0.15) is 59.8 Å². The Balaban J connectivity index is 2.33. The third kappa shape index (κ3) is 3.96. The monoisotopic (exact) mass is 210 g/mol. The largest absolute Gasteiger partial charge is 0.303 e. The number of hydrogen-bond acceptors (Lipinski definition) is 1. The van der Waals surface area contributed by atoms with Crippen molar-refractivity contribution >= 4 is 6.29 Å². The molecular formula is C14H26O. The number of rotatable bonds is 3. The Hall–Kier alpha value is -0.330. The summed E-state index contributed by atoms with van der Waals surface area (Å²) in [4.78, 5) is 10.6. The molecule has 1 heteroatoms. The Morgan fingerprint density at radius 2 is 1.73 bits per heavy atom. The van der Waals surface area contributed by atoms with Crippen molar-refractivity contribution in [2.24, 2.45) is 23.2 Å². The Morgan fingerprint density at radius 1 is 1.20 bits per heavy atom. The van der Waals surface area contributed by atoms with Crippen LogP contribution in [0.4, 0.5) is 0 Å². The van der Waals surface area contributed by atoms with Crippen molar-refractivity contribution in [2.75, 3.05) is 0 Å². The topological polar surface area (TPSA) is 17.1 Å². The minimum absolute atomic E-state index is 0.265. The summed E-state index contributed by atoms with van der Waals surface area (Å²) in [5.41, 5.74) is 0.473. The van der Waals surface area contributed by atoms with Crippen LogP contribution in [0.15, 0.2) is 0 Å². The van der Waals surface area contributed by atoms with Crippen molar-refractivity contribution < 1.29 is 4.79 Å². The maximum absolute atomic E-state index is 10.6. The lowest BCUT2D eigenvalue weighted by atomic mass is 9.69. The van der Waals surface area contributed by atoms with E-state index in [1.54, 1.807) is 0 Å². The molecule has 0 radical (unpaired) electrons. The van der Waals surface area contributed by atoms with E-state index in [1.807, 2.05) is 6.92 Å². The molecule has 88 valence electrons. The molecule has 0 spiro atoms. The molecule has 15 heavy (non-hydrogen) atoms. The van der Waals surface area contributed by atoms with Gasteiger partial charge in [-0.05, 0) is 36.5 Å². The third-order valence-electron chi connectivity index (χ3n) is 4.01. The molecule has 0 aromatic heterocycles. The fourth-order valence-corrected chi connectivity index (χ4v) is 2.85. The van der Waals surface area contributed by atoms with Gasteiger partial charge in [0.05, 0.1) is 0 Å². The van der Waals surface area contributed by atoms with Crippen LogP contribution in [0.5, 0.6) is 0 Å². The van der Waals surface area contributed by atoms with Gasteiger partial charge < -0.3 is 4.79 Å². The highest BCUT2D eigenvalue weighted by atomic mass is 16.1. The van der Waals surface area contributed by atoms with E-state index < -0.39 is 0 Å². The second-order valence-corrected chi connectivity index (χ2v) is 6.43. The lowest BCUT2D eigenvalue weighted by Crippen LogP contribution is -2.26. The van der Waals surface area contributed by atoms with Gasteiger partial charge in [0.25, 0.3) is 0 Å². The third-order valence-corrected chi connectivity index (χ3v) is 4.01. The van der Waals surface area contributed by atoms with Gasteiger partial charge in [-0.3, -0.25) is 0 Å². The van der Waals surface area contributed by atoms with E-state index >= 15 is 0 Å². The molecule has 0 aromatic carbocycles. The molecule has 1 aliphatic carbocycles. The SMILES string of the molecule is CC(C=O)CC1CCC(C(C)(C)C)CC1. The average molecular weight is 210 g/mol. The quantitative estimate of drug-likeness (QED) is 0.642. The molecule has 0 bridgehead atoms. The predicted octanol–water partition coefficient (Wildman–Crippen LogP) is 4.06. The molecule has 1 aliphatic rings. The molecule has 1 rings (SSSR count). The van der Waals surface area contributed by atoms with E-state index in [2.05, 4.69) is 20.8 Å². The molecule has 1 unspecified atom stereocenters. The second kappa shape index (κ2) is 5.14. The van der Waals surface area contributed by atoms with Gasteiger partial charge in [-0.15, -0.1) is 0 Å². The first kappa shape index (κ1) is 12.7. The molecule has 0 heterocycles. The molecular weight excluding hydrogens is 184 g/mol. The zero-order chi connectivity index (χ0) is 11.5. The van der Waals surface area contributed by atoms with Crippen LogP contribution < -0.4 is 0 Å². The van der Waals surface area contributed by atoms with Crippen LogP contribution in [-0.4, -0.2) is 6.29 Å². The molecule has 0 N–H and O–H groups in total. The first-order valence-corrected chi connectivity index (χ1v) is 6.38. The highest BCUT2D eigenvalue weighted by molar-refractivity contribution is 5.52. The van der Waals surface area contributed by atoms with Gasteiger partial charge in [0.15, 0.2) is 0 Å². The highest BCUT2D eigenvalue weighted by Crippen LogP contribution is 2.41. The van der Waals surface area contributed by atoms with Crippen LogP contribution >= 0.6 is 0 Å². The lowest BCUT2D eigenvalue weighted by Gasteiger charge is -2.37. The van der Waals surface area contributed by atoms with E-state index in [9.17, 15) is 4.79 Å². The predicted molar refractivity (Wildman–Crippen MR) is 64.7 cm³/mol. The molecule has 1 fully saturated rings. The van der Waals surface area contributed by atoms with E-state index in [4.69, 9.17) is 0 Å². The van der Waals surface area contributed by atoms with Crippen molar-refractivity contribution in [3.05, 3.63) is 0 Å². The van der Waals surface area contributed by atoms with E-state index in [-0.39, 0.29) is 5.92 Å². The molecule has 1 nitrogen and oxygen atoms in total. The number of hydrogen-bond donors (Lipinski definition) is 0. The molecule has 0 saturated heterocycles. The van der Waals surface area contributed by atoms with E-state index in [0.717, 1.165) is 24.5 Å². The van der Waals surface area contributed by atoms with Crippen LogP contribution in [0, 0.1) is 23.2 Å². The minimum atomic E-state index is 0.265. The van der Waals surface area contributed by atoms with Crippen LogP contribution in [0.2, 0.25) is 0 Å². The Labute approximate surface area is 94.6 Å². The first-order valence-electron chi connectivity index (χ1n) is 6.38. The number of carbonyl (C=O) groups excluding carboxylic acids is 1. The maximum Gasteiger partial charge on any atom is 0.122 e. The summed E-state index contributed by atoms with van der Waals surface area (Å²) in [6.07, 6.45) is 7.61. The smallest absolute Gasteiger partial charge is 0.122 e. The van der Waals surface area contributed by atoms with Gasteiger partial charge in [-0.1, -0.05) is 40.5 Å². The summed E-state index contributed by atoms with van der Waals surface area (Å²) in [7, 11) is 0. The van der Waals surface area contributed by atoms with Crippen LogP contribution in [0.25, 0.3) is 0 Å². The summed E-state index contributed by atoms with van der Waals surface area (Å²) < 4.78 is 0. The zero-order valence-corrected chi connectivity index (χ0v) is 10.8. The average Bonchev–Trinajstić information content (AvgIpc) is 2.17. The van der Waals surface area contributed by atoms with E-state index in [1.165, 1.54) is 25.7 Å². The zero-order valence-electron chi connectivity index (χ0n) is 10.8. The summed E-state index contributed by atoms with van der Waals surface area (Å²) in [5, 5.41) is 0. The first-order chi connectivity index (χ1) is 6.93. The van der Waals surface area contributed by atoms with Gasteiger partial charge in [-0.2, -0.15) is 0 Å². The molecule has 1 atom stereocenters. The molecule has 0 amide bonds. The molecule has 0 aliphatic heterocycles. The van der Waals surface area contributed by atoms with Crippen LogP contribution in [-0.2, 0) is 4.79 Å². The summed E-state index contributed by atoms with van der Waals surface area (Å²) >= 11 is 0. The van der Waals surface area contributed by atoms with Crippen molar-refractivity contribution in [3.63, 3.8) is 0 Å².